The molecule has 6 rings (SSSR count). The summed E-state index contributed by atoms with van der Waals surface area (Å²) in [6.07, 6.45) is 2.44. The number of benzene rings is 1. The third-order valence-corrected chi connectivity index (χ3v) is 7.60. The highest BCUT2D eigenvalue weighted by molar-refractivity contribution is 7.14. The van der Waals surface area contributed by atoms with Gasteiger partial charge in [0.25, 0.3) is 5.91 Å². The van der Waals surface area contributed by atoms with Crippen molar-refractivity contribution in [2.24, 2.45) is 5.92 Å². The maximum Gasteiger partial charge on any atom is 0.275 e. The summed E-state index contributed by atoms with van der Waals surface area (Å²) < 4.78 is 34.3. The normalized spacial score (nSPS) is 21.7. The minimum Gasteiger partial charge on any atom is -0.503 e. The first-order valence-corrected chi connectivity index (χ1v) is 12.4. The van der Waals surface area contributed by atoms with Crippen LogP contribution in [0.1, 0.15) is 48.8 Å². The van der Waals surface area contributed by atoms with E-state index in [0.717, 1.165) is 29.9 Å². The first-order chi connectivity index (χ1) is 16.9. The van der Waals surface area contributed by atoms with Crippen LogP contribution < -0.4 is 5.43 Å². The van der Waals surface area contributed by atoms with Gasteiger partial charge >= 0.3 is 0 Å². The number of aromatic nitrogens is 3. The van der Waals surface area contributed by atoms with Crippen LogP contribution in [0.4, 0.5) is 8.78 Å². The molecule has 3 aromatic rings. The Morgan fingerprint density at radius 1 is 1.19 bits per heavy atom. The minimum absolute atomic E-state index is 0. The molecule has 36 heavy (non-hydrogen) atoms. The van der Waals surface area contributed by atoms with Gasteiger partial charge in [-0.25, -0.2) is 8.78 Å². The second-order valence-corrected chi connectivity index (χ2v) is 9.66. The fourth-order valence-electron chi connectivity index (χ4n) is 5.11. The summed E-state index contributed by atoms with van der Waals surface area (Å²) in [5.74, 6) is -2.07. The number of pyridine rings is 1. The van der Waals surface area contributed by atoms with Crippen molar-refractivity contribution in [1.29, 1.82) is 0 Å². The van der Waals surface area contributed by atoms with E-state index in [2.05, 4.69) is 10.2 Å². The fraction of sp³-hybridized carbons (Fsp3) is 0.440. The number of amides is 1. The third kappa shape index (κ3) is 4.20. The maximum absolute atomic E-state index is 14.0. The predicted molar refractivity (Wildman–Crippen MR) is 131 cm³/mol. The maximum atomic E-state index is 14.0. The van der Waals surface area contributed by atoms with Crippen LogP contribution in [-0.4, -0.2) is 56.0 Å². The van der Waals surface area contributed by atoms with Gasteiger partial charge in [0.2, 0.25) is 5.43 Å². The van der Waals surface area contributed by atoms with Crippen LogP contribution in [0.5, 0.6) is 5.75 Å². The lowest BCUT2D eigenvalue weighted by Gasteiger charge is -2.35. The van der Waals surface area contributed by atoms with Gasteiger partial charge in [-0.15, -0.1) is 10.2 Å². The number of halogens is 2. The Morgan fingerprint density at radius 2 is 1.97 bits per heavy atom. The summed E-state index contributed by atoms with van der Waals surface area (Å²) in [6, 6.07) is 3.25. The van der Waals surface area contributed by atoms with Crippen LogP contribution in [0.3, 0.4) is 0 Å². The summed E-state index contributed by atoms with van der Waals surface area (Å²) >= 11 is 1.08. The molecule has 0 spiro atoms. The molecule has 0 radical (unpaired) electrons. The van der Waals surface area contributed by atoms with Gasteiger partial charge in [0.05, 0.1) is 30.9 Å². The summed E-state index contributed by atoms with van der Waals surface area (Å²) in [4.78, 5) is 27.9. The standard InChI is InChI=1S/C22H18F2N4O4S.C2H6.CH4/c23-12-2-1-10(15(24)5-12)4-17-25-26-21(33-17)14-7-27-6-13-3-11-8-32-9-16(11)28(13)22(31)18(27)20(30)19(14)29;1-2;/h1-2,5,7,11,13,16,30H,3-4,6,8-9H2;1-2H3;1H4/t11-,13?,16?;;/m0../s1. The molecule has 1 amide bonds. The van der Waals surface area contributed by atoms with Gasteiger partial charge in [-0.1, -0.05) is 38.7 Å². The second-order valence-electron chi connectivity index (χ2n) is 8.60. The molecule has 11 heteroatoms. The predicted octanol–water partition coefficient (Wildman–Crippen LogP) is 3.85. The molecule has 0 bridgehead atoms. The number of hydrogen-bond donors (Lipinski definition) is 1. The SMILES string of the molecule is C.CC.O=C1c2c(O)c(=O)c(-c3nnc(Cc4ccc(F)cc4F)s3)cn2CC2C[C@H]3COCC3N12. The van der Waals surface area contributed by atoms with Crippen molar-refractivity contribution in [2.45, 2.75) is 52.7 Å². The smallest absolute Gasteiger partial charge is 0.275 e. The highest BCUT2D eigenvalue weighted by atomic mass is 32.1. The Labute approximate surface area is 211 Å². The van der Waals surface area contributed by atoms with E-state index in [1.807, 2.05) is 13.8 Å². The van der Waals surface area contributed by atoms with E-state index < -0.39 is 22.8 Å². The third-order valence-electron chi connectivity index (χ3n) is 6.64. The van der Waals surface area contributed by atoms with Crippen molar-refractivity contribution < 1.29 is 23.4 Å². The second kappa shape index (κ2) is 10.1. The molecular weight excluding hydrogens is 490 g/mol. The molecule has 1 aromatic carbocycles. The zero-order valence-corrected chi connectivity index (χ0v) is 20.0. The van der Waals surface area contributed by atoms with Crippen LogP contribution >= 0.6 is 11.3 Å². The van der Waals surface area contributed by atoms with Crippen molar-refractivity contribution in [3.05, 3.63) is 62.5 Å². The Kier molecular flexibility index (Phi) is 7.24. The molecule has 0 saturated carbocycles. The molecule has 1 N–H and O–H groups in total. The molecule has 3 aliphatic heterocycles. The first kappa shape index (κ1) is 25.9. The van der Waals surface area contributed by atoms with E-state index >= 15 is 0 Å². The quantitative estimate of drug-likeness (QED) is 0.566. The molecule has 2 aromatic heterocycles. The Bertz CT molecular complexity index is 1360. The number of hydrogen-bond acceptors (Lipinski definition) is 7. The monoisotopic (exact) mass is 518 g/mol. The summed E-state index contributed by atoms with van der Waals surface area (Å²) in [6.45, 7) is 5.54. The molecule has 192 valence electrons. The highest BCUT2D eigenvalue weighted by Crippen LogP contribution is 2.40. The largest absolute Gasteiger partial charge is 0.503 e. The van der Waals surface area contributed by atoms with E-state index in [1.54, 1.807) is 15.7 Å². The molecule has 2 fully saturated rings. The summed E-state index contributed by atoms with van der Waals surface area (Å²) in [7, 11) is 0. The van der Waals surface area contributed by atoms with E-state index in [9.17, 15) is 23.5 Å². The molecule has 8 nitrogen and oxygen atoms in total. The van der Waals surface area contributed by atoms with Gasteiger partial charge in [0.1, 0.15) is 16.6 Å². The van der Waals surface area contributed by atoms with Crippen molar-refractivity contribution in [3.63, 3.8) is 0 Å². The zero-order valence-electron chi connectivity index (χ0n) is 19.2. The van der Waals surface area contributed by atoms with E-state index in [0.29, 0.717) is 24.8 Å². The molecule has 2 saturated heterocycles. The van der Waals surface area contributed by atoms with Crippen molar-refractivity contribution in [3.8, 4) is 16.3 Å². The summed E-state index contributed by atoms with van der Waals surface area (Å²) in [5, 5.41) is 19.5. The Morgan fingerprint density at radius 3 is 2.72 bits per heavy atom. The number of carbonyl (C=O) groups is 1. The average Bonchev–Trinajstić information content (AvgIpc) is 3.56. The van der Waals surface area contributed by atoms with Gasteiger partial charge in [0.15, 0.2) is 16.5 Å². The van der Waals surface area contributed by atoms with Crippen LogP contribution in [0, 0.1) is 17.6 Å². The van der Waals surface area contributed by atoms with E-state index in [1.165, 1.54) is 6.07 Å². The van der Waals surface area contributed by atoms with Gasteiger partial charge in [-0.05, 0) is 18.1 Å². The van der Waals surface area contributed by atoms with Crippen molar-refractivity contribution in [1.82, 2.24) is 19.7 Å². The molecule has 0 aliphatic carbocycles. The van der Waals surface area contributed by atoms with Crippen molar-refractivity contribution in [2.75, 3.05) is 13.2 Å². The van der Waals surface area contributed by atoms with E-state index in [-0.39, 0.29) is 59.6 Å². The first-order valence-electron chi connectivity index (χ1n) is 11.5. The molecule has 5 heterocycles. The molecule has 3 atom stereocenters. The molecular formula is C25H28F2N4O4S. The topological polar surface area (TPSA) is 97.5 Å². The minimum atomic E-state index is -0.706. The lowest BCUT2D eigenvalue weighted by molar-refractivity contribution is 0.0520. The Balaban J connectivity index is 0.000000990. The number of fused-ring (bicyclic) bond motifs is 4. The zero-order chi connectivity index (χ0) is 24.9. The van der Waals surface area contributed by atoms with Gasteiger partial charge in [0, 0.05) is 31.1 Å². The summed E-state index contributed by atoms with van der Waals surface area (Å²) in [5.41, 5.74) is -0.347. The van der Waals surface area contributed by atoms with Gasteiger partial charge < -0.3 is 19.3 Å². The fourth-order valence-corrected chi connectivity index (χ4v) is 5.98. The van der Waals surface area contributed by atoms with Gasteiger partial charge in [-0.2, -0.15) is 0 Å². The van der Waals surface area contributed by atoms with Crippen LogP contribution in [0.15, 0.2) is 29.2 Å². The van der Waals surface area contributed by atoms with E-state index in [4.69, 9.17) is 4.74 Å². The number of ether oxygens (including phenoxy) is 1. The number of aromatic hydroxyl groups is 1. The van der Waals surface area contributed by atoms with Gasteiger partial charge in [-0.3, -0.25) is 9.59 Å². The van der Waals surface area contributed by atoms with Crippen molar-refractivity contribution >= 4 is 17.2 Å². The number of carbonyl (C=O) groups excluding carboxylic acids is 1. The Hall–Kier alpha value is -3.18. The van der Waals surface area contributed by atoms with Crippen LogP contribution in [0.25, 0.3) is 10.6 Å². The lowest BCUT2D eigenvalue weighted by Crippen LogP contribution is -2.49. The van der Waals surface area contributed by atoms with Crippen LogP contribution in [0.2, 0.25) is 0 Å². The highest BCUT2D eigenvalue weighted by Gasteiger charge is 2.50. The number of nitrogens with zero attached hydrogens (tertiary/aromatic N) is 4. The molecule has 2 unspecified atom stereocenters. The average molecular weight is 519 g/mol. The molecule has 3 aliphatic rings. The lowest BCUT2D eigenvalue weighted by atomic mass is 10.0. The van der Waals surface area contributed by atoms with Crippen LogP contribution in [-0.2, 0) is 17.7 Å². The number of rotatable bonds is 3.